The fourth-order valence-corrected chi connectivity index (χ4v) is 4.59. The predicted molar refractivity (Wildman–Crippen MR) is 139 cm³/mol. The summed E-state index contributed by atoms with van der Waals surface area (Å²) in [5.74, 6) is -2.65. The highest BCUT2D eigenvalue weighted by Gasteiger charge is 2.44. The van der Waals surface area contributed by atoms with Crippen LogP contribution in [0.1, 0.15) is 35.6 Å². The third kappa shape index (κ3) is 7.10. The van der Waals surface area contributed by atoms with E-state index in [9.17, 15) is 22.0 Å². The zero-order chi connectivity index (χ0) is 27.0. The summed E-state index contributed by atoms with van der Waals surface area (Å²) in [7, 11) is -3.52. The molecule has 1 saturated heterocycles. The predicted octanol–water partition coefficient (Wildman–Crippen LogP) is 4.52. The second kappa shape index (κ2) is 10.2. The van der Waals surface area contributed by atoms with E-state index in [1.807, 2.05) is 13.8 Å². The Kier molecular flexibility index (Phi) is 7.33. The summed E-state index contributed by atoms with van der Waals surface area (Å²) < 4.78 is 57.8. The van der Waals surface area contributed by atoms with Crippen molar-refractivity contribution in [1.29, 1.82) is 0 Å². The molecule has 0 unspecified atom stereocenters. The van der Waals surface area contributed by atoms with Gasteiger partial charge in [0.2, 0.25) is 10.0 Å². The van der Waals surface area contributed by atoms with E-state index in [1.54, 1.807) is 12.1 Å². The van der Waals surface area contributed by atoms with Crippen molar-refractivity contribution >= 4 is 44.6 Å². The maximum atomic E-state index is 13.3. The normalized spacial score (nSPS) is 14.8. The molecule has 0 bridgehead atoms. The van der Waals surface area contributed by atoms with Crippen molar-refractivity contribution in [2.24, 2.45) is 0 Å². The highest BCUT2D eigenvalue weighted by atomic mass is 35.5. The molecule has 13 heteroatoms. The molecular formula is C24H26ClF2N5O4S. The Hall–Kier alpha value is -3.38. The number of carbonyl (C=O) groups excluding carboxylic acids is 1. The van der Waals surface area contributed by atoms with Crippen molar-refractivity contribution in [1.82, 2.24) is 9.97 Å². The van der Waals surface area contributed by atoms with Crippen LogP contribution in [0.15, 0.2) is 42.7 Å². The van der Waals surface area contributed by atoms with Gasteiger partial charge in [0.15, 0.2) is 0 Å². The van der Waals surface area contributed by atoms with E-state index in [0.717, 1.165) is 6.26 Å². The van der Waals surface area contributed by atoms with Crippen LogP contribution in [0.4, 0.5) is 25.8 Å². The van der Waals surface area contributed by atoms with Crippen LogP contribution in [0.5, 0.6) is 5.75 Å². The number of benzene rings is 1. The lowest BCUT2D eigenvalue weighted by atomic mass is 10.1. The molecule has 3 N–H and O–H groups in total. The molecule has 3 heterocycles. The molecule has 1 aliphatic heterocycles. The average Bonchev–Trinajstić information content (AvgIpc) is 3.20. The Labute approximate surface area is 218 Å². The van der Waals surface area contributed by atoms with Gasteiger partial charge in [-0.1, -0.05) is 11.6 Å². The number of halogens is 3. The number of alkyl halides is 2. The Balaban J connectivity index is 1.48. The van der Waals surface area contributed by atoms with Crippen LogP contribution in [-0.2, 0) is 16.4 Å². The van der Waals surface area contributed by atoms with Crippen LogP contribution in [0, 0.1) is 0 Å². The molecule has 0 spiro atoms. The molecule has 9 nitrogen and oxygen atoms in total. The highest BCUT2D eigenvalue weighted by Crippen LogP contribution is 2.34. The SMILES string of the molecule is CC(C)Oc1cc(N2CC(F)(F)C2)cnc1Cc1cc(C(=O)Nc2cc(Cl)cc(NS(C)(=O)=O)c2)c[nH]1. The molecule has 0 atom stereocenters. The molecule has 1 amide bonds. The van der Waals surface area contributed by atoms with Crippen LogP contribution in [0.25, 0.3) is 0 Å². The largest absolute Gasteiger partial charge is 0.489 e. The van der Waals surface area contributed by atoms with Crippen molar-refractivity contribution < 1.29 is 26.7 Å². The number of pyridine rings is 1. The number of aromatic nitrogens is 2. The first kappa shape index (κ1) is 26.7. The molecule has 1 aliphatic rings. The minimum absolute atomic E-state index is 0.154. The zero-order valence-corrected chi connectivity index (χ0v) is 21.9. The fourth-order valence-electron chi connectivity index (χ4n) is 3.81. The van der Waals surface area contributed by atoms with Gasteiger partial charge in [-0.2, -0.15) is 0 Å². The molecule has 198 valence electrons. The third-order valence-corrected chi connectivity index (χ3v) is 6.13. The van der Waals surface area contributed by atoms with Gasteiger partial charge in [-0.3, -0.25) is 14.5 Å². The summed E-state index contributed by atoms with van der Waals surface area (Å²) in [6.45, 7) is 3.00. The number of nitrogens with zero attached hydrogens (tertiary/aromatic N) is 2. The molecule has 4 rings (SSSR count). The first-order valence-corrected chi connectivity index (χ1v) is 13.6. The van der Waals surface area contributed by atoms with Gasteiger partial charge in [-0.25, -0.2) is 17.2 Å². The van der Waals surface area contributed by atoms with Gasteiger partial charge in [0.1, 0.15) is 5.75 Å². The number of amides is 1. The van der Waals surface area contributed by atoms with Crippen molar-refractivity contribution in [3.8, 4) is 5.75 Å². The molecule has 37 heavy (non-hydrogen) atoms. The quantitative estimate of drug-likeness (QED) is 0.359. The lowest BCUT2D eigenvalue weighted by Crippen LogP contribution is -2.56. The van der Waals surface area contributed by atoms with Gasteiger partial charge in [-0.15, -0.1) is 0 Å². The lowest BCUT2D eigenvalue weighted by molar-refractivity contribution is -0.0263. The highest BCUT2D eigenvalue weighted by molar-refractivity contribution is 7.92. The summed E-state index contributed by atoms with van der Waals surface area (Å²) in [6, 6.07) is 7.73. The summed E-state index contributed by atoms with van der Waals surface area (Å²) >= 11 is 6.06. The number of nitrogens with one attached hydrogen (secondary N) is 3. The van der Waals surface area contributed by atoms with Crippen LogP contribution in [-0.4, -0.2) is 55.7 Å². The van der Waals surface area contributed by atoms with Gasteiger partial charge >= 0.3 is 0 Å². The molecule has 3 aromatic rings. The van der Waals surface area contributed by atoms with Crippen LogP contribution in [0.3, 0.4) is 0 Å². The molecule has 2 aromatic heterocycles. The zero-order valence-electron chi connectivity index (χ0n) is 20.3. The average molecular weight is 554 g/mol. The second-order valence-electron chi connectivity index (χ2n) is 9.16. The van der Waals surface area contributed by atoms with E-state index in [-0.39, 0.29) is 29.9 Å². The standard InChI is InChI=1S/C24H26ClF2N5O4S/c1-14(2)36-22-9-20(32-12-24(26,27)13-32)11-29-21(22)8-17-4-15(10-28-17)23(33)30-18-5-16(25)6-19(7-18)31-37(3,34)35/h4-7,9-11,14,28,31H,8,12-13H2,1-3H3,(H,30,33). The smallest absolute Gasteiger partial charge is 0.282 e. The number of sulfonamides is 1. The summed E-state index contributed by atoms with van der Waals surface area (Å²) in [4.78, 5) is 21.8. The maximum absolute atomic E-state index is 13.3. The van der Waals surface area contributed by atoms with E-state index in [4.69, 9.17) is 16.3 Å². The van der Waals surface area contributed by atoms with E-state index >= 15 is 0 Å². The van der Waals surface area contributed by atoms with Gasteiger partial charge in [0.25, 0.3) is 11.8 Å². The number of ether oxygens (including phenoxy) is 1. The van der Waals surface area contributed by atoms with Crippen LogP contribution in [0.2, 0.25) is 5.02 Å². The Morgan fingerprint density at radius 1 is 1.22 bits per heavy atom. The van der Waals surface area contributed by atoms with E-state index in [1.165, 1.54) is 35.5 Å². The number of H-pyrrole nitrogens is 1. The van der Waals surface area contributed by atoms with Crippen molar-refractivity contribution in [3.05, 3.63) is 64.7 Å². The molecule has 0 saturated carbocycles. The number of carbonyl (C=O) groups is 1. The Bertz CT molecular complexity index is 1420. The third-order valence-electron chi connectivity index (χ3n) is 5.31. The minimum atomic E-state index is -3.52. The number of anilines is 3. The van der Waals surface area contributed by atoms with Crippen molar-refractivity contribution in [3.63, 3.8) is 0 Å². The van der Waals surface area contributed by atoms with E-state index in [0.29, 0.717) is 40.5 Å². The number of hydrogen-bond donors (Lipinski definition) is 3. The van der Waals surface area contributed by atoms with Crippen LogP contribution >= 0.6 is 11.6 Å². The molecule has 1 fully saturated rings. The number of hydrogen-bond acceptors (Lipinski definition) is 6. The summed E-state index contributed by atoms with van der Waals surface area (Å²) in [6.07, 6.45) is 4.24. The first-order valence-electron chi connectivity index (χ1n) is 11.3. The first-order chi connectivity index (χ1) is 17.3. The van der Waals surface area contributed by atoms with Crippen molar-refractivity contribution in [2.75, 3.05) is 34.3 Å². The lowest BCUT2D eigenvalue weighted by Gasteiger charge is -2.40. The monoisotopic (exact) mass is 553 g/mol. The Morgan fingerprint density at radius 3 is 2.57 bits per heavy atom. The van der Waals surface area contributed by atoms with Gasteiger partial charge in [-0.05, 0) is 38.1 Å². The van der Waals surface area contributed by atoms with E-state index in [2.05, 4.69) is 20.0 Å². The van der Waals surface area contributed by atoms with E-state index < -0.39 is 21.9 Å². The molecule has 1 aromatic carbocycles. The molecular weight excluding hydrogens is 528 g/mol. The second-order valence-corrected chi connectivity index (χ2v) is 11.3. The summed E-state index contributed by atoms with van der Waals surface area (Å²) in [5, 5.41) is 2.94. The minimum Gasteiger partial charge on any atom is -0.489 e. The van der Waals surface area contributed by atoms with Crippen molar-refractivity contribution in [2.45, 2.75) is 32.3 Å². The van der Waals surface area contributed by atoms with Gasteiger partial charge < -0.3 is 19.9 Å². The van der Waals surface area contributed by atoms with Crippen LogP contribution < -0.4 is 19.7 Å². The van der Waals surface area contributed by atoms with Gasteiger partial charge in [0.05, 0.1) is 54.3 Å². The number of aromatic amines is 1. The molecule has 0 aliphatic carbocycles. The molecule has 0 radical (unpaired) electrons. The van der Waals surface area contributed by atoms with Gasteiger partial charge in [0, 0.05) is 35.1 Å². The summed E-state index contributed by atoms with van der Waals surface area (Å²) in [5.41, 5.74) is 2.69. The maximum Gasteiger partial charge on any atom is 0.282 e. The Morgan fingerprint density at radius 2 is 1.92 bits per heavy atom. The topological polar surface area (TPSA) is 116 Å². The number of rotatable bonds is 9. The fraction of sp³-hybridized carbons (Fsp3) is 0.333.